The van der Waals surface area contributed by atoms with Crippen molar-refractivity contribution in [2.24, 2.45) is 0 Å². The van der Waals surface area contributed by atoms with Crippen LogP contribution in [0.5, 0.6) is 0 Å². The molecule has 0 aliphatic carbocycles. The smallest absolute Gasteiger partial charge is 0.341 e. The van der Waals surface area contributed by atoms with Gasteiger partial charge in [-0.25, -0.2) is 14.2 Å². The first-order valence-electron chi connectivity index (χ1n) is 8.85. The first-order chi connectivity index (χ1) is 13.9. The highest BCUT2D eigenvalue weighted by atomic mass is 35.5. The van der Waals surface area contributed by atoms with Gasteiger partial charge in [0.2, 0.25) is 5.43 Å². The molecule has 3 heterocycles. The molecule has 1 aliphatic rings. The molecule has 1 aromatic carbocycles. The van der Waals surface area contributed by atoms with E-state index >= 15 is 0 Å². The summed E-state index contributed by atoms with van der Waals surface area (Å²) in [5, 5.41) is 18.7. The summed E-state index contributed by atoms with van der Waals surface area (Å²) in [6.45, 7) is 1.24. The molecule has 29 heavy (non-hydrogen) atoms. The Bertz CT molecular complexity index is 1260. The van der Waals surface area contributed by atoms with Crippen molar-refractivity contribution in [3.8, 4) is 11.9 Å². The number of rotatable bonds is 3. The SMILES string of the molecule is N#Cc1cccnc1-n1cc(C(=O)O)c(=O)c2cc(F)c(N3CCCC3)c(Cl)c21. The summed E-state index contributed by atoms with van der Waals surface area (Å²) in [6.07, 6.45) is 4.28. The molecule has 1 saturated heterocycles. The quantitative estimate of drug-likeness (QED) is 0.708. The van der Waals surface area contributed by atoms with Gasteiger partial charge in [-0.1, -0.05) is 11.6 Å². The van der Waals surface area contributed by atoms with Gasteiger partial charge in [0.25, 0.3) is 0 Å². The molecular weight excluding hydrogens is 399 g/mol. The van der Waals surface area contributed by atoms with E-state index in [0.29, 0.717) is 13.1 Å². The standard InChI is InChI=1S/C20H14ClFN4O3/c21-15-16-12(8-14(22)17(15)25-6-1-2-7-25)18(27)13(20(28)29)10-26(16)19-11(9-23)4-3-5-24-19/h3-5,8,10H,1-2,6-7H2,(H,28,29). The molecule has 7 nitrogen and oxygen atoms in total. The van der Waals surface area contributed by atoms with Crippen LogP contribution >= 0.6 is 11.6 Å². The number of nitriles is 1. The summed E-state index contributed by atoms with van der Waals surface area (Å²) in [6, 6.07) is 6.06. The van der Waals surface area contributed by atoms with E-state index < -0.39 is 22.8 Å². The summed E-state index contributed by atoms with van der Waals surface area (Å²) in [5.41, 5.74) is -1.01. The second-order valence-electron chi connectivity index (χ2n) is 6.64. The van der Waals surface area contributed by atoms with Crippen molar-refractivity contribution in [2.75, 3.05) is 18.0 Å². The summed E-state index contributed by atoms with van der Waals surface area (Å²) in [7, 11) is 0. The molecular formula is C20H14ClFN4O3. The molecule has 0 amide bonds. The Hall–Kier alpha value is -3.44. The van der Waals surface area contributed by atoms with Gasteiger partial charge in [0.05, 0.1) is 27.2 Å². The molecule has 1 fully saturated rings. The van der Waals surface area contributed by atoms with Crippen LogP contribution in [0, 0.1) is 17.1 Å². The lowest BCUT2D eigenvalue weighted by atomic mass is 10.1. The van der Waals surface area contributed by atoms with Gasteiger partial charge in [0.15, 0.2) is 5.82 Å². The largest absolute Gasteiger partial charge is 0.477 e. The van der Waals surface area contributed by atoms with Crippen molar-refractivity contribution in [1.82, 2.24) is 9.55 Å². The second-order valence-corrected chi connectivity index (χ2v) is 7.02. The lowest BCUT2D eigenvalue weighted by Crippen LogP contribution is -2.23. The molecule has 0 unspecified atom stereocenters. The van der Waals surface area contributed by atoms with Gasteiger partial charge in [0, 0.05) is 25.5 Å². The van der Waals surface area contributed by atoms with E-state index in [2.05, 4.69) is 4.98 Å². The highest BCUT2D eigenvalue weighted by Crippen LogP contribution is 2.38. The number of halogens is 2. The maximum Gasteiger partial charge on any atom is 0.341 e. The monoisotopic (exact) mass is 412 g/mol. The van der Waals surface area contributed by atoms with E-state index in [4.69, 9.17) is 11.6 Å². The molecule has 0 radical (unpaired) electrons. The van der Waals surface area contributed by atoms with Crippen LogP contribution < -0.4 is 10.3 Å². The predicted molar refractivity (Wildman–Crippen MR) is 105 cm³/mol. The van der Waals surface area contributed by atoms with Crippen LogP contribution in [0.1, 0.15) is 28.8 Å². The van der Waals surface area contributed by atoms with E-state index in [1.807, 2.05) is 6.07 Å². The number of aromatic carboxylic acids is 1. The zero-order valence-electron chi connectivity index (χ0n) is 15.0. The number of carbonyl (C=O) groups is 1. The Kier molecular flexibility index (Phi) is 4.68. The molecule has 0 spiro atoms. The van der Waals surface area contributed by atoms with Crippen molar-refractivity contribution in [3.63, 3.8) is 0 Å². The lowest BCUT2D eigenvalue weighted by Gasteiger charge is -2.22. The van der Waals surface area contributed by atoms with Gasteiger partial charge in [-0.15, -0.1) is 0 Å². The number of carboxylic acid groups (broad SMARTS) is 1. The molecule has 3 aromatic rings. The molecule has 0 saturated carbocycles. The predicted octanol–water partition coefficient (Wildman–Crippen LogP) is 3.35. The number of hydrogen-bond acceptors (Lipinski definition) is 5. The number of anilines is 1. The average molecular weight is 413 g/mol. The van der Waals surface area contributed by atoms with Gasteiger partial charge < -0.3 is 10.0 Å². The normalized spacial score (nSPS) is 13.6. The molecule has 0 atom stereocenters. The topological polar surface area (TPSA) is 99.2 Å². The van der Waals surface area contributed by atoms with E-state index in [1.165, 1.54) is 16.8 Å². The Morgan fingerprint density at radius 3 is 2.72 bits per heavy atom. The fourth-order valence-corrected chi connectivity index (χ4v) is 4.03. The zero-order valence-corrected chi connectivity index (χ0v) is 15.8. The van der Waals surface area contributed by atoms with Crippen molar-refractivity contribution in [3.05, 3.63) is 62.8 Å². The molecule has 1 N–H and O–H groups in total. The van der Waals surface area contributed by atoms with E-state index in [9.17, 15) is 24.3 Å². The average Bonchev–Trinajstić information content (AvgIpc) is 3.22. The third-order valence-electron chi connectivity index (χ3n) is 4.94. The third-order valence-corrected chi connectivity index (χ3v) is 5.30. The first-order valence-corrected chi connectivity index (χ1v) is 9.23. The Morgan fingerprint density at radius 2 is 2.07 bits per heavy atom. The highest BCUT2D eigenvalue weighted by molar-refractivity contribution is 6.38. The Balaban J connectivity index is 2.17. The van der Waals surface area contributed by atoms with E-state index in [0.717, 1.165) is 25.1 Å². The van der Waals surface area contributed by atoms with E-state index in [1.54, 1.807) is 11.0 Å². The van der Waals surface area contributed by atoms with Gasteiger partial charge in [-0.3, -0.25) is 9.36 Å². The summed E-state index contributed by atoms with van der Waals surface area (Å²) < 4.78 is 16.2. The molecule has 146 valence electrons. The minimum atomic E-state index is -1.47. The fraction of sp³-hybridized carbons (Fsp3) is 0.200. The van der Waals surface area contributed by atoms with Crippen LogP contribution in [-0.4, -0.2) is 33.7 Å². The number of hydrogen-bond donors (Lipinski definition) is 1. The summed E-state index contributed by atoms with van der Waals surface area (Å²) in [5.74, 6) is -2.07. The van der Waals surface area contributed by atoms with E-state index in [-0.39, 0.29) is 33.0 Å². The van der Waals surface area contributed by atoms with Crippen molar-refractivity contribution in [2.45, 2.75) is 12.8 Å². The molecule has 1 aliphatic heterocycles. The van der Waals surface area contributed by atoms with Crippen LogP contribution in [0.4, 0.5) is 10.1 Å². The number of fused-ring (bicyclic) bond motifs is 1. The van der Waals surface area contributed by atoms with Crippen LogP contribution in [0.15, 0.2) is 35.4 Å². The highest BCUT2D eigenvalue weighted by Gasteiger charge is 2.26. The Labute approximate surface area is 169 Å². The molecule has 0 bridgehead atoms. The Morgan fingerprint density at radius 1 is 1.34 bits per heavy atom. The number of carboxylic acids is 1. The summed E-state index contributed by atoms with van der Waals surface area (Å²) >= 11 is 6.58. The van der Waals surface area contributed by atoms with Crippen LogP contribution in [0.2, 0.25) is 5.02 Å². The van der Waals surface area contributed by atoms with Gasteiger partial charge in [-0.05, 0) is 31.0 Å². The van der Waals surface area contributed by atoms with Gasteiger partial charge in [0.1, 0.15) is 17.4 Å². The molecule has 4 rings (SSSR count). The lowest BCUT2D eigenvalue weighted by molar-refractivity contribution is 0.0695. The fourth-order valence-electron chi connectivity index (χ4n) is 3.63. The van der Waals surface area contributed by atoms with Crippen LogP contribution in [0.3, 0.4) is 0 Å². The maximum atomic E-state index is 14.9. The first kappa shape index (κ1) is 18.9. The van der Waals surface area contributed by atoms with Crippen molar-refractivity contribution < 1.29 is 14.3 Å². The van der Waals surface area contributed by atoms with Crippen molar-refractivity contribution in [1.29, 1.82) is 5.26 Å². The number of pyridine rings is 2. The second kappa shape index (κ2) is 7.18. The summed E-state index contributed by atoms with van der Waals surface area (Å²) in [4.78, 5) is 30.3. The minimum Gasteiger partial charge on any atom is -0.477 e. The maximum absolute atomic E-state index is 14.9. The number of aromatic nitrogens is 2. The number of benzene rings is 1. The zero-order chi connectivity index (χ0) is 20.7. The van der Waals surface area contributed by atoms with Crippen LogP contribution in [0.25, 0.3) is 16.7 Å². The minimum absolute atomic E-state index is 0.0227. The third kappa shape index (κ3) is 3.00. The molecule has 2 aromatic heterocycles. The van der Waals surface area contributed by atoms with Gasteiger partial charge >= 0.3 is 5.97 Å². The van der Waals surface area contributed by atoms with Gasteiger partial charge in [-0.2, -0.15) is 5.26 Å². The number of nitrogens with zero attached hydrogens (tertiary/aromatic N) is 4. The van der Waals surface area contributed by atoms with Crippen molar-refractivity contribution >= 4 is 34.2 Å². The van der Waals surface area contributed by atoms with Crippen LogP contribution in [-0.2, 0) is 0 Å². The molecule has 9 heteroatoms.